The lowest BCUT2D eigenvalue weighted by atomic mass is 10.2. The largest absolute Gasteiger partial charge is 0.370 e. The van der Waals surface area contributed by atoms with Crippen LogP contribution >= 0.6 is 24.0 Å². The van der Waals surface area contributed by atoms with Gasteiger partial charge in [0.2, 0.25) is 0 Å². The van der Waals surface area contributed by atoms with Crippen molar-refractivity contribution in [2.75, 3.05) is 19.6 Å². The van der Waals surface area contributed by atoms with Gasteiger partial charge in [-0.15, -0.1) is 24.0 Å². The fourth-order valence-corrected chi connectivity index (χ4v) is 1.63. The first-order valence-electron chi connectivity index (χ1n) is 4.49. The highest BCUT2D eigenvalue weighted by Gasteiger charge is 2.18. The maximum Gasteiger partial charge on any atom is 0.185 e. The number of aliphatic imine (C=N–C) groups is 1. The number of likely N-dealkylation sites (tertiary alicyclic amines) is 1. The fourth-order valence-electron chi connectivity index (χ4n) is 1.63. The van der Waals surface area contributed by atoms with Crippen LogP contribution < -0.4 is 11.5 Å². The molecule has 0 spiro atoms. The molecule has 0 aliphatic carbocycles. The Balaban J connectivity index is 0.00000144. The number of rotatable bonds is 3. The lowest BCUT2D eigenvalue weighted by molar-refractivity contribution is 0.277. The van der Waals surface area contributed by atoms with Crippen LogP contribution in [-0.4, -0.2) is 36.5 Å². The van der Waals surface area contributed by atoms with Gasteiger partial charge in [0.15, 0.2) is 5.96 Å². The van der Waals surface area contributed by atoms with Crippen LogP contribution in [0.25, 0.3) is 0 Å². The van der Waals surface area contributed by atoms with E-state index in [4.69, 9.17) is 11.5 Å². The molecule has 13 heavy (non-hydrogen) atoms. The number of halogens is 1. The van der Waals surface area contributed by atoms with Gasteiger partial charge in [0.25, 0.3) is 0 Å². The molecule has 1 aliphatic heterocycles. The lowest BCUT2D eigenvalue weighted by Gasteiger charge is -2.19. The number of nitrogens with two attached hydrogens (primary N) is 2. The van der Waals surface area contributed by atoms with E-state index in [2.05, 4.69) is 16.8 Å². The highest BCUT2D eigenvalue weighted by molar-refractivity contribution is 14.0. The second-order valence-corrected chi connectivity index (χ2v) is 3.33. The third-order valence-corrected chi connectivity index (χ3v) is 2.37. The predicted octanol–water partition coefficient (Wildman–Crippen LogP) is 0.362. The van der Waals surface area contributed by atoms with E-state index in [0.717, 1.165) is 13.1 Å². The number of guanidine groups is 1. The Morgan fingerprint density at radius 3 is 2.69 bits per heavy atom. The van der Waals surface area contributed by atoms with Crippen LogP contribution in [-0.2, 0) is 0 Å². The van der Waals surface area contributed by atoms with Gasteiger partial charge in [-0.05, 0) is 26.3 Å². The lowest BCUT2D eigenvalue weighted by Crippen LogP contribution is -2.31. The average molecular weight is 298 g/mol. The van der Waals surface area contributed by atoms with Crippen molar-refractivity contribution in [2.45, 2.75) is 25.8 Å². The summed E-state index contributed by atoms with van der Waals surface area (Å²) >= 11 is 0. The molecule has 1 saturated heterocycles. The first-order chi connectivity index (χ1) is 5.70. The first kappa shape index (κ1) is 13.0. The maximum atomic E-state index is 5.22. The van der Waals surface area contributed by atoms with Gasteiger partial charge < -0.3 is 11.5 Å². The van der Waals surface area contributed by atoms with Gasteiger partial charge >= 0.3 is 0 Å². The van der Waals surface area contributed by atoms with E-state index in [1.165, 1.54) is 19.4 Å². The smallest absolute Gasteiger partial charge is 0.185 e. The Hall–Kier alpha value is -0.0400. The second kappa shape index (κ2) is 6.42. The minimum atomic E-state index is 0. The molecular formula is C8H19IN4. The van der Waals surface area contributed by atoms with Crippen molar-refractivity contribution in [2.24, 2.45) is 16.5 Å². The van der Waals surface area contributed by atoms with Crippen LogP contribution in [0.4, 0.5) is 0 Å². The van der Waals surface area contributed by atoms with Crippen LogP contribution in [0, 0.1) is 0 Å². The summed E-state index contributed by atoms with van der Waals surface area (Å²) in [6.07, 6.45) is 2.62. The zero-order chi connectivity index (χ0) is 8.97. The Bertz CT molecular complexity index is 168. The molecule has 1 unspecified atom stereocenters. The normalized spacial score (nSPS) is 22.4. The molecule has 78 valence electrons. The quantitative estimate of drug-likeness (QED) is 0.449. The summed E-state index contributed by atoms with van der Waals surface area (Å²) in [7, 11) is 0. The van der Waals surface area contributed by atoms with Gasteiger partial charge in [0, 0.05) is 12.6 Å². The highest BCUT2D eigenvalue weighted by atomic mass is 127. The van der Waals surface area contributed by atoms with E-state index in [9.17, 15) is 0 Å². The van der Waals surface area contributed by atoms with E-state index in [-0.39, 0.29) is 29.9 Å². The van der Waals surface area contributed by atoms with Crippen molar-refractivity contribution >= 4 is 29.9 Å². The Kier molecular flexibility index (Phi) is 6.40. The SMILES string of the molecule is CC1CCCN1CCN=C(N)N.I. The summed E-state index contributed by atoms with van der Waals surface area (Å²) in [5.41, 5.74) is 10.4. The molecule has 0 aromatic rings. The molecule has 1 heterocycles. The summed E-state index contributed by atoms with van der Waals surface area (Å²) in [5, 5.41) is 0. The molecule has 0 aromatic carbocycles. The summed E-state index contributed by atoms with van der Waals surface area (Å²) in [6.45, 7) is 5.16. The summed E-state index contributed by atoms with van der Waals surface area (Å²) in [4.78, 5) is 6.38. The van der Waals surface area contributed by atoms with Crippen LogP contribution in [0.5, 0.6) is 0 Å². The van der Waals surface area contributed by atoms with E-state index >= 15 is 0 Å². The molecule has 5 heteroatoms. The Labute approximate surface area is 96.8 Å². The average Bonchev–Trinajstić information content (AvgIpc) is 2.36. The molecule has 0 bridgehead atoms. The molecule has 4 N–H and O–H groups in total. The molecular weight excluding hydrogens is 279 g/mol. The second-order valence-electron chi connectivity index (χ2n) is 3.33. The number of hydrogen-bond acceptors (Lipinski definition) is 2. The molecule has 1 fully saturated rings. The molecule has 0 amide bonds. The standard InChI is InChI=1S/C8H18N4.HI/c1-7-3-2-5-12(7)6-4-11-8(9)10;/h7H,2-6H2,1H3,(H4,9,10,11);1H. The molecule has 1 aliphatic rings. The van der Waals surface area contributed by atoms with Gasteiger partial charge in [0.05, 0.1) is 6.54 Å². The molecule has 0 aromatic heterocycles. The number of hydrogen-bond donors (Lipinski definition) is 2. The third-order valence-electron chi connectivity index (χ3n) is 2.37. The summed E-state index contributed by atoms with van der Waals surface area (Å²) in [5.74, 6) is 0.196. The highest BCUT2D eigenvalue weighted by Crippen LogP contribution is 2.15. The van der Waals surface area contributed by atoms with Gasteiger partial charge in [-0.1, -0.05) is 0 Å². The van der Waals surface area contributed by atoms with E-state index in [1.807, 2.05) is 0 Å². The van der Waals surface area contributed by atoms with Crippen molar-refractivity contribution in [1.82, 2.24) is 4.90 Å². The summed E-state index contributed by atoms with van der Waals surface area (Å²) < 4.78 is 0. The van der Waals surface area contributed by atoms with Crippen molar-refractivity contribution < 1.29 is 0 Å². The topological polar surface area (TPSA) is 67.6 Å². The maximum absolute atomic E-state index is 5.22. The summed E-state index contributed by atoms with van der Waals surface area (Å²) in [6, 6.07) is 0.708. The fraction of sp³-hybridized carbons (Fsp3) is 0.875. The predicted molar refractivity (Wildman–Crippen MR) is 66.4 cm³/mol. The third kappa shape index (κ3) is 4.66. The monoisotopic (exact) mass is 298 g/mol. The van der Waals surface area contributed by atoms with Crippen LogP contribution in [0.3, 0.4) is 0 Å². The molecule has 0 saturated carbocycles. The minimum Gasteiger partial charge on any atom is -0.370 e. The minimum absolute atomic E-state index is 0. The van der Waals surface area contributed by atoms with Gasteiger partial charge in [-0.3, -0.25) is 9.89 Å². The van der Waals surface area contributed by atoms with E-state index in [0.29, 0.717) is 6.04 Å². The zero-order valence-corrected chi connectivity index (χ0v) is 10.4. The van der Waals surface area contributed by atoms with Crippen molar-refractivity contribution in [3.8, 4) is 0 Å². The molecule has 4 nitrogen and oxygen atoms in total. The van der Waals surface area contributed by atoms with E-state index in [1.54, 1.807) is 0 Å². The molecule has 1 rings (SSSR count). The van der Waals surface area contributed by atoms with Crippen LogP contribution in [0.2, 0.25) is 0 Å². The zero-order valence-electron chi connectivity index (χ0n) is 8.07. The Morgan fingerprint density at radius 1 is 1.54 bits per heavy atom. The van der Waals surface area contributed by atoms with Crippen LogP contribution in [0.15, 0.2) is 4.99 Å². The van der Waals surface area contributed by atoms with Gasteiger partial charge in [-0.25, -0.2) is 0 Å². The molecule has 1 atom stereocenters. The Morgan fingerprint density at radius 2 is 2.23 bits per heavy atom. The first-order valence-corrected chi connectivity index (χ1v) is 4.49. The van der Waals surface area contributed by atoms with Crippen LogP contribution in [0.1, 0.15) is 19.8 Å². The van der Waals surface area contributed by atoms with Crippen molar-refractivity contribution in [1.29, 1.82) is 0 Å². The van der Waals surface area contributed by atoms with Crippen molar-refractivity contribution in [3.05, 3.63) is 0 Å². The van der Waals surface area contributed by atoms with E-state index < -0.39 is 0 Å². The number of nitrogens with zero attached hydrogens (tertiary/aromatic N) is 2. The molecule has 0 radical (unpaired) electrons. The van der Waals surface area contributed by atoms with Gasteiger partial charge in [-0.2, -0.15) is 0 Å². The van der Waals surface area contributed by atoms with Gasteiger partial charge in [0.1, 0.15) is 0 Å². The van der Waals surface area contributed by atoms with Crippen molar-refractivity contribution in [3.63, 3.8) is 0 Å².